The summed E-state index contributed by atoms with van der Waals surface area (Å²) in [5, 5.41) is 3.40. The van der Waals surface area contributed by atoms with Crippen molar-refractivity contribution in [1.82, 2.24) is 0 Å². The van der Waals surface area contributed by atoms with Crippen LogP contribution in [0.25, 0.3) is 0 Å². The van der Waals surface area contributed by atoms with Gasteiger partial charge in [-0.1, -0.05) is 26.2 Å². The van der Waals surface area contributed by atoms with Crippen LogP contribution in [0.1, 0.15) is 39.0 Å². The molecule has 4 heteroatoms. The van der Waals surface area contributed by atoms with Gasteiger partial charge < -0.3 is 11.1 Å². The van der Waals surface area contributed by atoms with E-state index in [1.807, 2.05) is 0 Å². The van der Waals surface area contributed by atoms with E-state index in [2.05, 4.69) is 28.2 Å². The lowest BCUT2D eigenvalue weighted by Gasteiger charge is -2.30. The van der Waals surface area contributed by atoms with Gasteiger partial charge in [-0.05, 0) is 40.8 Å². The molecule has 0 heterocycles. The number of rotatable bonds is 3. The van der Waals surface area contributed by atoms with Crippen molar-refractivity contribution in [1.29, 1.82) is 0 Å². The molecule has 0 saturated heterocycles. The average molecular weight is 315 g/mol. The first-order chi connectivity index (χ1) is 8.60. The molecule has 0 bridgehead atoms. The Balaban J connectivity index is 2.07. The fourth-order valence-corrected chi connectivity index (χ4v) is 3.06. The maximum atomic E-state index is 13.5. The van der Waals surface area contributed by atoms with Crippen molar-refractivity contribution in [2.75, 3.05) is 11.1 Å². The van der Waals surface area contributed by atoms with E-state index in [4.69, 9.17) is 5.73 Å². The summed E-state index contributed by atoms with van der Waals surface area (Å²) >= 11 is 3.14. The Hall–Kier alpha value is -0.770. The van der Waals surface area contributed by atoms with Gasteiger partial charge in [-0.15, -0.1) is 0 Å². The van der Waals surface area contributed by atoms with Gasteiger partial charge in [0.05, 0.1) is 15.8 Å². The molecule has 1 aliphatic carbocycles. The summed E-state index contributed by atoms with van der Waals surface area (Å²) in [7, 11) is 0. The Morgan fingerprint density at radius 3 is 2.94 bits per heavy atom. The lowest BCUT2D eigenvalue weighted by molar-refractivity contribution is 0.327. The normalized spacial score (nSPS) is 23.9. The van der Waals surface area contributed by atoms with Crippen molar-refractivity contribution in [2.45, 2.75) is 45.1 Å². The topological polar surface area (TPSA) is 38.0 Å². The molecule has 2 atom stereocenters. The maximum Gasteiger partial charge on any atom is 0.139 e. The molecular formula is C14H20BrFN2. The van der Waals surface area contributed by atoms with E-state index >= 15 is 0 Å². The van der Waals surface area contributed by atoms with Gasteiger partial charge in [0.25, 0.3) is 0 Å². The van der Waals surface area contributed by atoms with Crippen LogP contribution in [-0.4, -0.2) is 6.04 Å². The van der Waals surface area contributed by atoms with Gasteiger partial charge in [0.2, 0.25) is 0 Å². The van der Waals surface area contributed by atoms with Crippen molar-refractivity contribution in [3.8, 4) is 0 Å². The predicted molar refractivity (Wildman–Crippen MR) is 78.2 cm³/mol. The molecule has 0 aromatic heterocycles. The van der Waals surface area contributed by atoms with Crippen molar-refractivity contribution in [3.05, 3.63) is 22.4 Å². The highest BCUT2D eigenvalue weighted by molar-refractivity contribution is 9.10. The minimum atomic E-state index is -0.269. The number of hydrogen-bond donors (Lipinski definition) is 2. The largest absolute Gasteiger partial charge is 0.397 e. The molecular weight excluding hydrogens is 295 g/mol. The number of halogens is 2. The van der Waals surface area contributed by atoms with Gasteiger partial charge in [-0.3, -0.25) is 0 Å². The SMILES string of the molecule is CCC1CCCC(Nc2cc(F)c(Br)cc2N)C1. The summed E-state index contributed by atoms with van der Waals surface area (Å²) in [5.41, 5.74) is 7.23. The average Bonchev–Trinajstić information content (AvgIpc) is 2.36. The zero-order valence-corrected chi connectivity index (χ0v) is 12.3. The lowest BCUT2D eigenvalue weighted by Crippen LogP contribution is -2.27. The van der Waals surface area contributed by atoms with Gasteiger partial charge in [0.15, 0.2) is 0 Å². The van der Waals surface area contributed by atoms with Gasteiger partial charge in [0.1, 0.15) is 5.82 Å². The second kappa shape index (κ2) is 5.91. The number of hydrogen-bond acceptors (Lipinski definition) is 2. The highest BCUT2D eigenvalue weighted by atomic mass is 79.9. The van der Waals surface area contributed by atoms with Crippen LogP contribution in [0.15, 0.2) is 16.6 Å². The lowest BCUT2D eigenvalue weighted by atomic mass is 9.84. The van der Waals surface area contributed by atoms with Gasteiger partial charge in [0, 0.05) is 12.1 Å². The number of nitrogen functional groups attached to an aromatic ring is 1. The summed E-state index contributed by atoms with van der Waals surface area (Å²) in [6.45, 7) is 2.24. The molecule has 1 aromatic carbocycles. The van der Waals surface area contributed by atoms with Crippen molar-refractivity contribution in [3.63, 3.8) is 0 Å². The van der Waals surface area contributed by atoms with E-state index in [1.165, 1.54) is 25.3 Å². The van der Waals surface area contributed by atoms with Crippen molar-refractivity contribution in [2.24, 2.45) is 5.92 Å². The van der Waals surface area contributed by atoms with Crippen LogP contribution in [0.2, 0.25) is 0 Å². The molecule has 2 unspecified atom stereocenters. The van der Waals surface area contributed by atoms with Crippen LogP contribution < -0.4 is 11.1 Å². The summed E-state index contributed by atoms with van der Waals surface area (Å²) in [4.78, 5) is 0. The van der Waals surface area contributed by atoms with Crippen LogP contribution in [0, 0.1) is 11.7 Å². The molecule has 2 rings (SSSR count). The highest BCUT2D eigenvalue weighted by Crippen LogP contribution is 2.32. The molecule has 3 N–H and O–H groups in total. The third-order valence-electron chi connectivity index (χ3n) is 3.81. The Labute approximate surface area is 116 Å². The van der Waals surface area contributed by atoms with Gasteiger partial charge >= 0.3 is 0 Å². The quantitative estimate of drug-likeness (QED) is 0.803. The Morgan fingerprint density at radius 2 is 2.22 bits per heavy atom. The zero-order valence-electron chi connectivity index (χ0n) is 10.7. The monoisotopic (exact) mass is 314 g/mol. The van der Waals surface area contributed by atoms with Crippen molar-refractivity contribution >= 4 is 27.3 Å². The molecule has 1 aliphatic rings. The van der Waals surface area contributed by atoms with E-state index in [9.17, 15) is 4.39 Å². The van der Waals surface area contributed by atoms with Gasteiger partial charge in [-0.2, -0.15) is 0 Å². The number of nitrogens with one attached hydrogen (secondary N) is 1. The highest BCUT2D eigenvalue weighted by Gasteiger charge is 2.21. The molecule has 2 nitrogen and oxygen atoms in total. The van der Waals surface area contributed by atoms with Crippen molar-refractivity contribution < 1.29 is 4.39 Å². The van der Waals surface area contributed by atoms with Crippen LogP contribution >= 0.6 is 15.9 Å². The molecule has 0 amide bonds. The van der Waals surface area contributed by atoms with E-state index in [1.54, 1.807) is 6.07 Å². The van der Waals surface area contributed by atoms with E-state index in [0.29, 0.717) is 16.2 Å². The standard InChI is InChI=1S/C14H20BrFN2/c1-2-9-4-3-5-10(6-9)18-14-8-12(16)11(15)7-13(14)17/h7-10,18H,2-6,17H2,1H3. The molecule has 0 radical (unpaired) electrons. The summed E-state index contributed by atoms with van der Waals surface area (Å²) < 4.78 is 13.9. The molecule has 0 spiro atoms. The molecule has 0 aliphatic heterocycles. The zero-order chi connectivity index (χ0) is 13.1. The van der Waals surface area contributed by atoms with Crippen LogP contribution in [0.3, 0.4) is 0 Å². The number of benzene rings is 1. The first kappa shape index (κ1) is 13.7. The minimum absolute atomic E-state index is 0.269. The fraction of sp³-hybridized carbons (Fsp3) is 0.571. The third kappa shape index (κ3) is 3.16. The third-order valence-corrected chi connectivity index (χ3v) is 4.42. The minimum Gasteiger partial charge on any atom is -0.397 e. The summed E-state index contributed by atoms with van der Waals surface area (Å²) in [5.74, 6) is 0.521. The first-order valence-electron chi connectivity index (χ1n) is 6.61. The van der Waals surface area contributed by atoms with E-state index < -0.39 is 0 Å². The van der Waals surface area contributed by atoms with Crippen LogP contribution in [0.5, 0.6) is 0 Å². The maximum absolute atomic E-state index is 13.5. The van der Waals surface area contributed by atoms with E-state index in [0.717, 1.165) is 24.4 Å². The molecule has 1 aromatic rings. The Bertz CT molecular complexity index is 423. The molecule has 1 saturated carbocycles. The second-order valence-corrected chi connectivity index (χ2v) is 5.99. The van der Waals surface area contributed by atoms with Gasteiger partial charge in [-0.25, -0.2) is 4.39 Å². The Kier molecular flexibility index (Phi) is 4.49. The Morgan fingerprint density at radius 1 is 1.44 bits per heavy atom. The fourth-order valence-electron chi connectivity index (χ4n) is 2.70. The predicted octanol–water partition coefficient (Wildman–Crippen LogP) is 4.55. The smallest absolute Gasteiger partial charge is 0.139 e. The van der Waals surface area contributed by atoms with E-state index in [-0.39, 0.29) is 5.82 Å². The number of anilines is 2. The van der Waals surface area contributed by atoms with Crippen LogP contribution in [-0.2, 0) is 0 Å². The molecule has 18 heavy (non-hydrogen) atoms. The summed E-state index contributed by atoms with van der Waals surface area (Å²) in [6, 6.07) is 3.53. The first-order valence-corrected chi connectivity index (χ1v) is 7.40. The second-order valence-electron chi connectivity index (χ2n) is 5.14. The molecule has 1 fully saturated rings. The summed E-state index contributed by atoms with van der Waals surface area (Å²) in [6.07, 6.45) is 6.09. The molecule has 100 valence electrons. The van der Waals surface area contributed by atoms with Crippen LogP contribution in [0.4, 0.5) is 15.8 Å². The number of nitrogens with two attached hydrogens (primary N) is 1.